The van der Waals surface area contributed by atoms with Crippen LogP contribution in [0.3, 0.4) is 0 Å². The van der Waals surface area contributed by atoms with Crippen molar-refractivity contribution in [3.8, 4) is 11.5 Å². The molecule has 0 radical (unpaired) electrons. The van der Waals surface area contributed by atoms with Crippen molar-refractivity contribution in [1.29, 1.82) is 0 Å². The predicted molar refractivity (Wildman–Crippen MR) is 114 cm³/mol. The van der Waals surface area contributed by atoms with Gasteiger partial charge in [-0.2, -0.15) is 0 Å². The van der Waals surface area contributed by atoms with Crippen LogP contribution in [0.2, 0.25) is 0 Å². The maximum Gasteiger partial charge on any atom is 0.420 e. The van der Waals surface area contributed by atoms with E-state index in [1.54, 1.807) is 43.4 Å². The van der Waals surface area contributed by atoms with Crippen molar-refractivity contribution in [2.45, 2.75) is 45.4 Å². The zero-order chi connectivity index (χ0) is 21.1. The van der Waals surface area contributed by atoms with Gasteiger partial charge in [-0.15, -0.1) is 0 Å². The molecule has 0 heterocycles. The molecule has 0 saturated carbocycles. The summed E-state index contributed by atoms with van der Waals surface area (Å²) in [6.07, 6.45) is 1.86. The van der Waals surface area contributed by atoms with Gasteiger partial charge in [0, 0.05) is 32.0 Å². The molecule has 0 N–H and O–H groups in total. The first-order valence-electron chi connectivity index (χ1n) is 9.97. The molecule has 2 aromatic rings. The molecule has 0 aliphatic heterocycles. The Balaban J connectivity index is 2.15. The number of hydrogen-bond donors (Lipinski definition) is 0. The van der Waals surface area contributed by atoms with E-state index < -0.39 is 12.4 Å². The Bertz CT molecular complexity index is 733. The molecule has 0 aromatic heterocycles. The number of carbonyl (C=O) groups excluding carboxylic acids is 1. The van der Waals surface area contributed by atoms with E-state index in [4.69, 9.17) is 18.9 Å². The van der Waals surface area contributed by atoms with Crippen LogP contribution in [0.25, 0.3) is 0 Å². The lowest BCUT2D eigenvalue weighted by molar-refractivity contribution is -0.121. The summed E-state index contributed by atoms with van der Waals surface area (Å²) in [6.45, 7) is 4.43. The van der Waals surface area contributed by atoms with E-state index in [-0.39, 0.29) is 12.6 Å². The van der Waals surface area contributed by atoms with Gasteiger partial charge in [-0.3, -0.25) is 4.90 Å². The van der Waals surface area contributed by atoms with Crippen molar-refractivity contribution in [3.05, 3.63) is 54.6 Å². The Hall–Kier alpha value is -2.57. The smallest absolute Gasteiger partial charge is 0.420 e. The Morgan fingerprint density at radius 1 is 0.966 bits per heavy atom. The lowest BCUT2D eigenvalue weighted by Gasteiger charge is -2.30. The van der Waals surface area contributed by atoms with Gasteiger partial charge in [0.2, 0.25) is 0 Å². The van der Waals surface area contributed by atoms with Gasteiger partial charge in [0.1, 0.15) is 18.1 Å². The van der Waals surface area contributed by atoms with Gasteiger partial charge < -0.3 is 18.9 Å². The molecule has 158 valence electrons. The molecule has 0 aliphatic carbocycles. The van der Waals surface area contributed by atoms with Crippen LogP contribution < -0.4 is 14.4 Å². The quantitative estimate of drug-likeness (QED) is 0.480. The minimum atomic E-state index is -0.464. The third-order valence-electron chi connectivity index (χ3n) is 4.61. The second kappa shape index (κ2) is 12.1. The van der Waals surface area contributed by atoms with Crippen LogP contribution in [0.5, 0.6) is 11.5 Å². The molecule has 0 aliphatic rings. The van der Waals surface area contributed by atoms with Gasteiger partial charge in [-0.1, -0.05) is 44.5 Å². The van der Waals surface area contributed by atoms with Gasteiger partial charge >= 0.3 is 6.09 Å². The van der Waals surface area contributed by atoms with Crippen LogP contribution in [0.4, 0.5) is 10.5 Å². The number of methoxy groups -OCH3 is 2. The SMILES string of the molecule is CCCC(CC)N(C(=O)Oc1cccc(OCC(OC)OC)c1)c1ccccc1. The zero-order valence-electron chi connectivity index (χ0n) is 17.7. The van der Waals surface area contributed by atoms with Gasteiger partial charge in [-0.05, 0) is 37.1 Å². The Morgan fingerprint density at radius 3 is 2.28 bits per heavy atom. The minimum Gasteiger partial charge on any atom is -0.488 e. The van der Waals surface area contributed by atoms with Crippen LogP contribution in [0.1, 0.15) is 33.1 Å². The molecular weight excluding hydrogens is 370 g/mol. The lowest BCUT2D eigenvalue weighted by atomic mass is 10.1. The Kier molecular flexibility index (Phi) is 9.47. The average Bonchev–Trinajstić information content (AvgIpc) is 2.75. The van der Waals surface area contributed by atoms with Crippen molar-refractivity contribution in [1.82, 2.24) is 0 Å². The summed E-state index contributed by atoms with van der Waals surface area (Å²) in [5.41, 5.74) is 0.827. The van der Waals surface area contributed by atoms with E-state index in [1.807, 2.05) is 30.3 Å². The molecule has 1 unspecified atom stereocenters. The number of rotatable bonds is 11. The van der Waals surface area contributed by atoms with Crippen LogP contribution >= 0.6 is 0 Å². The lowest BCUT2D eigenvalue weighted by Crippen LogP contribution is -2.42. The summed E-state index contributed by atoms with van der Waals surface area (Å²) in [4.78, 5) is 14.8. The van der Waals surface area contributed by atoms with Crippen molar-refractivity contribution in [2.24, 2.45) is 0 Å². The molecule has 0 bridgehead atoms. The normalized spacial score (nSPS) is 11.9. The molecule has 0 fully saturated rings. The summed E-state index contributed by atoms with van der Waals surface area (Å²) in [6, 6.07) is 16.7. The molecule has 6 heteroatoms. The highest BCUT2D eigenvalue weighted by molar-refractivity contribution is 5.89. The largest absolute Gasteiger partial charge is 0.488 e. The summed E-state index contributed by atoms with van der Waals surface area (Å²) >= 11 is 0. The van der Waals surface area contributed by atoms with E-state index in [9.17, 15) is 4.79 Å². The maximum atomic E-state index is 13.1. The third-order valence-corrected chi connectivity index (χ3v) is 4.61. The highest BCUT2D eigenvalue weighted by atomic mass is 16.7. The van der Waals surface area contributed by atoms with Gasteiger partial charge in [-0.25, -0.2) is 4.79 Å². The number of ether oxygens (including phenoxy) is 4. The number of hydrogen-bond acceptors (Lipinski definition) is 5. The fourth-order valence-electron chi connectivity index (χ4n) is 3.08. The number of carbonyl (C=O) groups is 1. The molecule has 6 nitrogen and oxygen atoms in total. The number of amides is 1. The minimum absolute atomic E-state index is 0.0681. The first-order valence-corrected chi connectivity index (χ1v) is 9.97. The highest BCUT2D eigenvalue weighted by Gasteiger charge is 2.25. The van der Waals surface area contributed by atoms with E-state index >= 15 is 0 Å². The zero-order valence-corrected chi connectivity index (χ0v) is 17.7. The third kappa shape index (κ3) is 6.76. The number of para-hydroxylation sites is 1. The summed E-state index contributed by atoms with van der Waals surface area (Å²) in [5.74, 6) is 0.993. The molecule has 1 atom stereocenters. The summed E-state index contributed by atoms with van der Waals surface area (Å²) in [7, 11) is 3.10. The topological polar surface area (TPSA) is 57.2 Å². The van der Waals surface area contributed by atoms with Crippen molar-refractivity contribution >= 4 is 11.8 Å². The van der Waals surface area contributed by atoms with Crippen LogP contribution in [-0.4, -0.2) is 39.3 Å². The molecule has 1 amide bonds. The fourth-order valence-corrected chi connectivity index (χ4v) is 3.08. The van der Waals surface area contributed by atoms with Gasteiger partial charge in [0.05, 0.1) is 0 Å². The van der Waals surface area contributed by atoms with E-state index in [1.165, 1.54) is 0 Å². The van der Waals surface area contributed by atoms with E-state index in [0.29, 0.717) is 11.5 Å². The Morgan fingerprint density at radius 2 is 1.66 bits per heavy atom. The second-order valence-electron chi connectivity index (χ2n) is 6.61. The standard InChI is InChI=1S/C23H31NO5/c1-5-11-18(6-2)24(19-12-8-7-9-13-19)23(25)29-21-15-10-14-20(16-21)28-17-22(26-3)27-4/h7-10,12-16,18,22H,5-6,11,17H2,1-4H3. The fraction of sp³-hybridized carbons (Fsp3) is 0.435. The molecule has 29 heavy (non-hydrogen) atoms. The highest BCUT2D eigenvalue weighted by Crippen LogP contribution is 2.25. The Labute approximate surface area is 173 Å². The number of nitrogens with zero attached hydrogens (tertiary/aromatic N) is 1. The van der Waals surface area contributed by atoms with E-state index in [0.717, 1.165) is 24.9 Å². The van der Waals surface area contributed by atoms with Crippen molar-refractivity contribution in [3.63, 3.8) is 0 Å². The second-order valence-corrected chi connectivity index (χ2v) is 6.61. The predicted octanol–water partition coefficient (Wildman–Crippen LogP) is 5.27. The molecular formula is C23H31NO5. The number of anilines is 1. The first kappa shape index (κ1) is 22.7. The molecule has 0 saturated heterocycles. The monoisotopic (exact) mass is 401 g/mol. The van der Waals surface area contributed by atoms with Crippen LogP contribution in [0, 0.1) is 0 Å². The summed E-state index contributed by atoms with van der Waals surface area (Å²) in [5, 5.41) is 0. The van der Waals surface area contributed by atoms with Gasteiger partial charge in [0.25, 0.3) is 0 Å². The van der Waals surface area contributed by atoms with E-state index in [2.05, 4.69) is 13.8 Å². The maximum absolute atomic E-state index is 13.1. The average molecular weight is 402 g/mol. The van der Waals surface area contributed by atoms with Crippen LogP contribution in [0.15, 0.2) is 54.6 Å². The molecule has 0 spiro atoms. The number of benzene rings is 2. The summed E-state index contributed by atoms with van der Waals surface area (Å²) < 4.78 is 21.6. The van der Waals surface area contributed by atoms with Gasteiger partial charge in [0.15, 0.2) is 6.29 Å². The molecule has 2 rings (SSSR count). The van der Waals surface area contributed by atoms with Crippen LogP contribution in [-0.2, 0) is 9.47 Å². The van der Waals surface area contributed by atoms with Crippen molar-refractivity contribution < 1.29 is 23.7 Å². The molecule has 2 aromatic carbocycles. The first-order chi connectivity index (χ1) is 14.1. The van der Waals surface area contributed by atoms with Crippen molar-refractivity contribution in [2.75, 3.05) is 25.7 Å².